The predicted octanol–water partition coefficient (Wildman–Crippen LogP) is 3.36. The van der Waals surface area contributed by atoms with Crippen molar-refractivity contribution in [2.75, 3.05) is 13.2 Å². The molecule has 0 atom stereocenters. The Labute approximate surface area is 104 Å². The highest BCUT2D eigenvalue weighted by molar-refractivity contribution is 9.10. The maximum Gasteiger partial charge on any atom is 0.133 e. The summed E-state index contributed by atoms with van der Waals surface area (Å²) in [6.45, 7) is 5.77. The summed E-state index contributed by atoms with van der Waals surface area (Å²) < 4.78 is 19.0. The molecule has 0 saturated heterocycles. The lowest BCUT2D eigenvalue weighted by atomic mass is 10.3. The van der Waals surface area contributed by atoms with E-state index < -0.39 is 0 Å². The Morgan fingerprint density at radius 1 is 1.44 bits per heavy atom. The summed E-state index contributed by atoms with van der Waals surface area (Å²) in [5.74, 6) is 0.423. The zero-order valence-corrected chi connectivity index (χ0v) is 11.2. The Morgan fingerprint density at radius 3 is 2.81 bits per heavy atom. The Bertz CT molecular complexity index is 331. The van der Waals surface area contributed by atoms with Crippen LogP contribution in [0.15, 0.2) is 22.7 Å². The highest BCUT2D eigenvalue weighted by Crippen LogP contribution is 2.25. The van der Waals surface area contributed by atoms with E-state index in [-0.39, 0.29) is 5.82 Å². The molecule has 0 heterocycles. The molecule has 0 aliphatic carbocycles. The van der Waals surface area contributed by atoms with Crippen LogP contribution in [0.3, 0.4) is 0 Å². The summed E-state index contributed by atoms with van der Waals surface area (Å²) in [6.07, 6.45) is 0.933. The van der Waals surface area contributed by atoms with E-state index in [1.54, 1.807) is 6.07 Å². The Balaban J connectivity index is 2.27. The molecule has 2 nitrogen and oxygen atoms in total. The summed E-state index contributed by atoms with van der Waals surface area (Å²) in [5.41, 5.74) is 0. The van der Waals surface area contributed by atoms with Crippen LogP contribution in [0.2, 0.25) is 0 Å². The van der Waals surface area contributed by atoms with Crippen LogP contribution >= 0.6 is 15.9 Å². The lowest BCUT2D eigenvalue weighted by Gasteiger charge is -2.10. The van der Waals surface area contributed by atoms with Crippen LogP contribution in [0.1, 0.15) is 20.3 Å². The maximum absolute atomic E-state index is 12.8. The van der Waals surface area contributed by atoms with E-state index in [1.807, 2.05) is 0 Å². The number of hydrogen-bond donors (Lipinski definition) is 1. The largest absolute Gasteiger partial charge is 0.492 e. The lowest BCUT2D eigenvalue weighted by Crippen LogP contribution is -2.24. The molecule has 1 N–H and O–H groups in total. The second kappa shape index (κ2) is 6.86. The van der Waals surface area contributed by atoms with Crippen molar-refractivity contribution in [3.8, 4) is 5.75 Å². The molecule has 1 aromatic carbocycles. The molecule has 0 saturated carbocycles. The van der Waals surface area contributed by atoms with Crippen LogP contribution in [0.5, 0.6) is 5.75 Å². The third-order valence-corrected chi connectivity index (χ3v) is 2.64. The first-order chi connectivity index (χ1) is 7.59. The fourth-order valence-electron chi connectivity index (χ4n) is 1.24. The van der Waals surface area contributed by atoms with Gasteiger partial charge in [0.25, 0.3) is 0 Å². The van der Waals surface area contributed by atoms with Gasteiger partial charge in [0, 0.05) is 6.04 Å². The molecule has 0 spiro atoms. The first-order valence-electron chi connectivity index (χ1n) is 5.41. The van der Waals surface area contributed by atoms with Crippen molar-refractivity contribution in [2.45, 2.75) is 26.3 Å². The molecule has 0 radical (unpaired) electrons. The van der Waals surface area contributed by atoms with Gasteiger partial charge in [-0.2, -0.15) is 0 Å². The van der Waals surface area contributed by atoms with Crippen LogP contribution in [0, 0.1) is 5.82 Å². The highest BCUT2D eigenvalue weighted by atomic mass is 79.9. The standard InChI is InChI=1S/C12H17BrFNO/c1-9(2)15-6-3-7-16-12-5-4-10(14)8-11(12)13/h4-5,8-9,15H,3,6-7H2,1-2H3. The first kappa shape index (κ1) is 13.5. The zero-order valence-electron chi connectivity index (χ0n) is 9.59. The first-order valence-corrected chi connectivity index (χ1v) is 6.20. The van der Waals surface area contributed by atoms with Gasteiger partial charge < -0.3 is 10.1 Å². The fourth-order valence-corrected chi connectivity index (χ4v) is 1.70. The van der Waals surface area contributed by atoms with E-state index in [0.29, 0.717) is 22.9 Å². The average Bonchev–Trinajstić information content (AvgIpc) is 2.20. The Hall–Kier alpha value is -0.610. The minimum absolute atomic E-state index is 0.263. The molecule has 0 aliphatic heterocycles. The monoisotopic (exact) mass is 289 g/mol. The topological polar surface area (TPSA) is 21.3 Å². The van der Waals surface area contributed by atoms with Gasteiger partial charge in [-0.05, 0) is 47.1 Å². The SMILES string of the molecule is CC(C)NCCCOc1ccc(F)cc1Br. The smallest absolute Gasteiger partial charge is 0.133 e. The third-order valence-electron chi connectivity index (χ3n) is 2.03. The van der Waals surface area contributed by atoms with Gasteiger partial charge in [0.15, 0.2) is 0 Å². The number of rotatable bonds is 6. The summed E-state index contributed by atoms with van der Waals surface area (Å²) in [5, 5.41) is 3.30. The molecule has 90 valence electrons. The normalized spacial score (nSPS) is 10.8. The molecule has 1 rings (SSSR count). The molecule has 0 fully saturated rings. The van der Waals surface area contributed by atoms with Crippen molar-refractivity contribution in [3.63, 3.8) is 0 Å². The summed E-state index contributed by atoms with van der Waals surface area (Å²) in [7, 11) is 0. The van der Waals surface area contributed by atoms with Crippen molar-refractivity contribution in [1.29, 1.82) is 0 Å². The van der Waals surface area contributed by atoms with Crippen molar-refractivity contribution < 1.29 is 9.13 Å². The van der Waals surface area contributed by atoms with Gasteiger partial charge in [-0.15, -0.1) is 0 Å². The Morgan fingerprint density at radius 2 is 2.19 bits per heavy atom. The summed E-state index contributed by atoms with van der Waals surface area (Å²) in [4.78, 5) is 0. The number of hydrogen-bond acceptors (Lipinski definition) is 2. The van der Waals surface area contributed by atoms with E-state index >= 15 is 0 Å². The molecule has 1 aromatic rings. The second-order valence-electron chi connectivity index (χ2n) is 3.89. The van der Waals surface area contributed by atoms with E-state index in [1.165, 1.54) is 12.1 Å². The average molecular weight is 290 g/mol. The van der Waals surface area contributed by atoms with Crippen LogP contribution in [0.4, 0.5) is 4.39 Å². The van der Waals surface area contributed by atoms with Crippen molar-refractivity contribution in [3.05, 3.63) is 28.5 Å². The van der Waals surface area contributed by atoms with Crippen LogP contribution in [0.25, 0.3) is 0 Å². The van der Waals surface area contributed by atoms with Crippen molar-refractivity contribution >= 4 is 15.9 Å². The molecule has 0 unspecified atom stereocenters. The van der Waals surface area contributed by atoms with E-state index in [0.717, 1.165) is 13.0 Å². The lowest BCUT2D eigenvalue weighted by molar-refractivity contribution is 0.304. The van der Waals surface area contributed by atoms with E-state index in [2.05, 4.69) is 35.1 Å². The van der Waals surface area contributed by atoms with Crippen molar-refractivity contribution in [1.82, 2.24) is 5.32 Å². The number of nitrogens with one attached hydrogen (secondary N) is 1. The van der Waals surface area contributed by atoms with Crippen molar-refractivity contribution in [2.24, 2.45) is 0 Å². The van der Waals surface area contributed by atoms with Gasteiger partial charge in [-0.25, -0.2) is 4.39 Å². The van der Waals surface area contributed by atoms with Gasteiger partial charge in [-0.1, -0.05) is 13.8 Å². The van der Waals surface area contributed by atoms with Crippen LogP contribution < -0.4 is 10.1 Å². The molecule has 16 heavy (non-hydrogen) atoms. The molecular weight excluding hydrogens is 273 g/mol. The van der Waals surface area contributed by atoms with Gasteiger partial charge in [-0.3, -0.25) is 0 Å². The van der Waals surface area contributed by atoms with E-state index in [9.17, 15) is 4.39 Å². The molecule has 0 aromatic heterocycles. The van der Waals surface area contributed by atoms with Gasteiger partial charge >= 0.3 is 0 Å². The highest BCUT2D eigenvalue weighted by Gasteiger charge is 2.02. The molecule has 4 heteroatoms. The van der Waals surface area contributed by atoms with Crippen LogP contribution in [-0.4, -0.2) is 19.2 Å². The molecule has 0 amide bonds. The zero-order chi connectivity index (χ0) is 12.0. The van der Waals surface area contributed by atoms with Gasteiger partial charge in [0.05, 0.1) is 11.1 Å². The quantitative estimate of drug-likeness (QED) is 0.811. The molecule has 0 aliphatic rings. The second-order valence-corrected chi connectivity index (χ2v) is 4.74. The van der Waals surface area contributed by atoms with E-state index in [4.69, 9.17) is 4.74 Å². The molecule has 0 bridgehead atoms. The summed E-state index contributed by atoms with van der Waals surface area (Å²) >= 11 is 3.26. The minimum Gasteiger partial charge on any atom is -0.492 e. The number of halogens is 2. The summed E-state index contributed by atoms with van der Waals surface area (Å²) in [6, 6.07) is 4.93. The maximum atomic E-state index is 12.8. The number of ether oxygens (including phenoxy) is 1. The number of benzene rings is 1. The Kier molecular flexibility index (Phi) is 5.77. The van der Waals surface area contributed by atoms with Gasteiger partial charge in [0.1, 0.15) is 11.6 Å². The minimum atomic E-state index is -0.263. The fraction of sp³-hybridized carbons (Fsp3) is 0.500. The van der Waals surface area contributed by atoms with Crippen LogP contribution in [-0.2, 0) is 0 Å². The third kappa shape index (κ3) is 4.94. The molecular formula is C12H17BrFNO. The predicted molar refractivity (Wildman–Crippen MR) is 67.4 cm³/mol. The van der Waals surface area contributed by atoms with Gasteiger partial charge in [0.2, 0.25) is 0 Å².